The number of pyridine rings is 1. The number of aryl methyl sites for hydroxylation is 1. The summed E-state index contributed by atoms with van der Waals surface area (Å²) in [4.78, 5) is 20.4. The molecule has 122 valence electrons. The van der Waals surface area contributed by atoms with Crippen molar-refractivity contribution in [1.29, 1.82) is 0 Å². The van der Waals surface area contributed by atoms with Gasteiger partial charge in [0.1, 0.15) is 0 Å². The average molecular weight is 307 g/mol. The largest absolute Gasteiger partial charge is 0.465 e. The number of esters is 1. The maximum atomic E-state index is 11.7. The van der Waals surface area contributed by atoms with Gasteiger partial charge in [0, 0.05) is 45.1 Å². The van der Waals surface area contributed by atoms with Gasteiger partial charge < -0.3 is 14.7 Å². The Bertz CT molecular complexity index is 473. The third-order valence-electron chi connectivity index (χ3n) is 4.12. The van der Waals surface area contributed by atoms with Crippen LogP contribution in [0.3, 0.4) is 0 Å². The van der Waals surface area contributed by atoms with E-state index in [0.717, 1.165) is 57.7 Å². The Morgan fingerprint density at radius 2 is 1.95 bits per heavy atom. The summed E-state index contributed by atoms with van der Waals surface area (Å²) in [5.41, 5.74) is 1.57. The van der Waals surface area contributed by atoms with Gasteiger partial charge in [-0.3, -0.25) is 9.88 Å². The zero-order chi connectivity index (χ0) is 15.8. The predicted octanol–water partition coefficient (Wildman–Crippen LogP) is 0.411. The molecule has 1 aliphatic rings. The summed E-state index contributed by atoms with van der Waals surface area (Å²) in [5, 5.41) is 8.94. The molecule has 22 heavy (non-hydrogen) atoms. The third-order valence-corrected chi connectivity index (χ3v) is 4.12. The van der Waals surface area contributed by atoms with Crippen LogP contribution in [0.25, 0.3) is 0 Å². The number of hydrogen-bond acceptors (Lipinski definition) is 6. The second-order valence-electron chi connectivity index (χ2n) is 5.53. The van der Waals surface area contributed by atoms with Gasteiger partial charge in [-0.25, -0.2) is 4.79 Å². The highest BCUT2D eigenvalue weighted by atomic mass is 16.5. The van der Waals surface area contributed by atoms with Crippen LogP contribution in [0, 0.1) is 0 Å². The molecule has 1 aromatic heterocycles. The number of β-amino-alcohol motifs (C(OH)–C–C–N with tert-alkyl or cyclic N) is 1. The molecule has 0 radical (unpaired) electrons. The molecule has 0 amide bonds. The van der Waals surface area contributed by atoms with Gasteiger partial charge in [-0.2, -0.15) is 0 Å². The molecular weight excluding hydrogens is 282 g/mol. The van der Waals surface area contributed by atoms with E-state index in [1.54, 1.807) is 12.4 Å². The smallest absolute Gasteiger partial charge is 0.339 e. The van der Waals surface area contributed by atoms with E-state index in [0.29, 0.717) is 5.56 Å². The number of aromatic nitrogens is 1. The standard InChI is InChI=1S/C16H25N3O3/c1-22-16(21)15-13-17-5-4-14(15)3-2-6-18-7-9-19(10-8-18)11-12-20/h4-5,13,20H,2-3,6-12H2,1H3. The fourth-order valence-corrected chi connectivity index (χ4v) is 2.81. The maximum absolute atomic E-state index is 11.7. The fourth-order valence-electron chi connectivity index (χ4n) is 2.81. The van der Waals surface area contributed by atoms with Gasteiger partial charge in [0.05, 0.1) is 19.3 Å². The Labute approximate surface area is 131 Å². The zero-order valence-electron chi connectivity index (χ0n) is 13.2. The first-order chi connectivity index (χ1) is 10.7. The molecule has 0 aliphatic carbocycles. The summed E-state index contributed by atoms with van der Waals surface area (Å²) in [7, 11) is 1.39. The third kappa shape index (κ3) is 4.76. The highest BCUT2D eigenvalue weighted by Gasteiger charge is 2.16. The van der Waals surface area contributed by atoms with Gasteiger partial charge in [-0.1, -0.05) is 0 Å². The van der Waals surface area contributed by atoms with Crippen molar-refractivity contribution in [2.45, 2.75) is 12.8 Å². The van der Waals surface area contributed by atoms with Gasteiger partial charge in [0.25, 0.3) is 0 Å². The second-order valence-corrected chi connectivity index (χ2v) is 5.53. The van der Waals surface area contributed by atoms with E-state index in [-0.39, 0.29) is 12.6 Å². The van der Waals surface area contributed by atoms with Crippen LogP contribution in [0.4, 0.5) is 0 Å². The number of carbonyl (C=O) groups is 1. The minimum absolute atomic E-state index is 0.234. The summed E-state index contributed by atoms with van der Waals surface area (Å²) in [6.07, 6.45) is 5.15. The SMILES string of the molecule is COC(=O)c1cnccc1CCCN1CCN(CCO)CC1. The lowest BCUT2D eigenvalue weighted by atomic mass is 10.1. The topological polar surface area (TPSA) is 65.9 Å². The molecular formula is C16H25N3O3. The van der Waals surface area contributed by atoms with Crippen LogP contribution in [0.5, 0.6) is 0 Å². The Morgan fingerprint density at radius 3 is 2.59 bits per heavy atom. The predicted molar refractivity (Wildman–Crippen MR) is 83.9 cm³/mol. The van der Waals surface area contributed by atoms with Crippen LogP contribution in [-0.2, 0) is 11.2 Å². The Balaban J connectivity index is 1.77. The number of aliphatic hydroxyl groups excluding tert-OH is 1. The van der Waals surface area contributed by atoms with Crippen molar-refractivity contribution in [2.24, 2.45) is 0 Å². The highest BCUT2D eigenvalue weighted by molar-refractivity contribution is 5.90. The first-order valence-corrected chi connectivity index (χ1v) is 7.81. The van der Waals surface area contributed by atoms with Crippen LogP contribution < -0.4 is 0 Å². The summed E-state index contributed by atoms with van der Waals surface area (Å²) in [6.45, 7) is 6.15. The number of nitrogens with zero attached hydrogens (tertiary/aromatic N) is 3. The molecule has 2 rings (SSSR count). The molecule has 0 spiro atoms. The number of ether oxygens (including phenoxy) is 1. The number of methoxy groups -OCH3 is 1. The minimum atomic E-state index is -0.319. The van der Waals surface area contributed by atoms with E-state index < -0.39 is 0 Å². The van der Waals surface area contributed by atoms with E-state index in [1.807, 2.05) is 6.07 Å². The van der Waals surface area contributed by atoms with Crippen LogP contribution in [0.1, 0.15) is 22.3 Å². The van der Waals surface area contributed by atoms with Crippen LogP contribution in [0.15, 0.2) is 18.5 Å². The van der Waals surface area contributed by atoms with Crippen molar-refractivity contribution in [3.8, 4) is 0 Å². The Kier molecular flexibility index (Phi) is 6.76. The Morgan fingerprint density at radius 1 is 1.27 bits per heavy atom. The molecule has 1 aromatic rings. The average Bonchev–Trinajstić information content (AvgIpc) is 2.56. The normalized spacial score (nSPS) is 16.6. The van der Waals surface area contributed by atoms with E-state index in [1.165, 1.54) is 7.11 Å². The summed E-state index contributed by atoms with van der Waals surface area (Å²) < 4.78 is 4.79. The van der Waals surface area contributed by atoms with Gasteiger partial charge in [-0.05, 0) is 31.0 Å². The minimum Gasteiger partial charge on any atom is -0.465 e. The molecule has 1 N–H and O–H groups in total. The van der Waals surface area contributed by atoms with Crippen molar-refractivity contribution in [2.75, 3.05) is 53.0 Å². The molecule has 2 heterocycles. The monoisotopic (exact) mass is 307 g/mol. The van der Waals surface area contributed by atoms with Crippen molar-refractivity contribution in [1.82, 2.24) is 14.8 Å². The summed E-state index contributed by atoms with van der Waals surface area (Å²) in [5.74, 6) is -0.319. The molecule has 0 unspecified atom stereocenters. The number of rotatable bonds is 7. The number of hydrogen-bond donors (Lipinski definition) is 1. The molecule has 0 atom stereocenters. The van der Waals surface area contributed by atoms with E-state index in [9.17, 15) is 4.79 Å². The zero-order valence-corrected chi connectivity index (χ0v) is 13.2. The van der Waals surface area contributed by atoms with Crippen molar-refractivity contribution in [3.63, 3.8) is 0 Å². The first-order valence-electron chi connectivity index (χ1n) is 7.81. The van der Waals surface area contributed by atoms with Crippen LogP contribution in [-0.4, -0.2) is 78.8 Å². The van der Waals surface area contributed by atoms with Crippen molar-refractivity contribution in [3.05, 3.63) is 29.6 Å². The summed E-state index contributed by atoms with van der Waals surface area (Å²) in [6, 6.07) is 1.89. The van der Waals surface area contributed by atoms with Gasteiger partial charge in [0.15, 0.2) is 0 Å². The molecule has 0 saturated carbocycles. The summed E-state index contributed by atoms with van der Waals surface area (Å²) >= 11 is 0. The molecule has 0 aromatic carbocycles. The quantitative estimate of drug-likeness (QED) is 0.736. The number of carbonyl (C=O) groups excluding carboxylic acids is 1. The van der Waals surface area contributed by atoms with Crippen LogP contribution >= 0.6 is 0 Å². The molecule has 6 heteroatoms. The van der Waals surface area contributed by atoms with E-state index in [4.69, 9.17) is 9.84 Å². The lowest BCUT2D eigenvalue weighted by molar-refractivity contribution is 0.0598. The molecule has 1 aliphatic heterocycles. The van der Waals surface area contributed by atoms with Gasteiger partial charge in [0.2, 0.25) is 0 Å². The van der Waals surface area contributed by atoms with Gasteiger partial charge in [-0.15, -0.1) is 0 Å². The van der Waals surface area contributed by atoms with E-state index in [2.05, 4.69) is 14.8 Å². The highest BCUT2D eigenvalue weighted by Crippen LogP contribution is 2.12. The fraction of sp³-hybridized carbons (Fsp3) is 0.625. The lowest BCUT2D eigenvalue weighted by Crippen LogP contribution is -2.47. The molecule has 1 fully saturated rings. The molecule has 0 bridgehead atoms. The first kappa shape index (κ1) is 16.9. The van der Waals surface area contributed by atoms with Crippen molar-refractivity contribution < 1.29 is 14.6 Å². The number of aliphatic hydroxyl groups is 1. The van der Waals surface area contributed by atoms with Crippen molar-refractivity contribution >= 4 is 5.97 Å². The van der Waals surface area contributed by atoms with E-state index >= 15 is 0 Å². The van der Waals surface area contributed by atoms with Gasteiger partial charge >= 0.3 is 5.97 Å². The van der Waals surface area contributed by atoms with Crippen LogP contribution in [0.2, 0.25) is 0 Å². The Hall–Kier alpha value is -1.50. The molecule has 6 nitrogen and oxygen atoms in total. The second kappa shape index (κ2) is 8.82. The molecule has 1 saturated heterocycles. The number of piperazine rings is 1. The maximum Gasteiger partial charge on any atom is 0.339 e. The lowest BCUT2D eigenvalue weighted by Gasteiger charge is -2.34.